The third-order valence-corrected chi connectivity index (χ3v) is 9.12. The molecule has 1 saturated heterocycles. The summed E-state index contributed by atoms with van der Waals surface area (Å²) in [7, 11) is 0. The minimum absolute atomic E-state index is 0.0707. The van der Waals surface area contributed by atoms with E-state index < -0.39 is 34.6 Å². The smallest absolute Gasteiger partial charge is 0.306 e. The number of hydrogen-bond acceptors (Lipinski definition) is 7. The number of Topliss-reactive ketones (excluding diaryl/α,β-unsaturated/α-hetero) is 1. The lowest BCUT2D eigenvalue weighted by Crippen LogP contribution is -2.45. The van der Waals surface area contributed by atoms with Crippen LogP contribution in [0.2, 0.25) is 0 Å². The fraction of sp³-hybridized carbons (Fsp3) is 0.750. The van der Waals surface area contributed by atoms with Gasteiger partial charge in [-0.25, -0.2) is 4.98 Å². The van der Waals surface area contributed by atoms with E-state index in [0.717, 1.165) is 36.4 Å². The van der Waals surface area contributed by atoms with E-state index in [9.17, 15) is 19.8 Å². The fourth-order valence-electron chi connectivity index (χ4n) is 5.81. The lowest BCUT2D eigenvalue weighted by Gasteiger charge is -2.32. The molecule has 0 spiro atoms. The predicted molar refractivity (Wildman–Crippen MR) is 139 cm³/mol. The summed E-state index contributed by atoms with van der Waals surface area (Å²) in [5, 5.41) is 25.7. The zero-order chi connectivity index (χ0) is 26.2. The maximum absolute atomic E-state index is 13.2. The number of thiazole rings is 1. The van der Waals surface area contributed by atoms with Gasteiger partial charge in [0.15, 0.2) is 6.10 Å². The van der Waals surface area contributed by atoms with E-state index in [2.05, 4.69) is 11.9 Å². The van der Waals surface area contributed by atoms with E-state index in [0.29, 0.717) is 24.3 Å². The van der Waals surface area contributed by atoms with Gasteiger partial charge in [-0.3, -0.25) is 9.59 Å². The van der Waals surface area contributed by atoms with Gasteiger partial charge in [-0.2, -0.15) is 0 Å². The van der Waals surface area contributed by atoms with Crippen LogP contribution in [0, 0.1) is 29.6 Å². The van der Waals surface area contributed by atoms with E-state index in [-0.39, 0.29) is 18.1 Å². The number of ether oxygens (including phenoxy) is 1. The molecule has 6 unspecified atom stereocenters. The van der Waals surface area contributed by atoms with Crippen LogP contribution in [0.4, 0.5) is 0 Å². The zero-order valence-electron chi connectivity index (χ0n) is 22.4. The number of rotatable bonds is 2. The van der Waals surface area contributed by atoms with Gasteiger partial charge in [0.25, 0.3) is 0 Å². The van der Waals surface area contributed by atoms with Crippen molar-refractivity contribution >= 4 is 29.2 Å². The van der Waals surface area contributed by atoms with E-state index in [1.807, 2.05) is 46.1 Å². The van der Waals surface area contributed by atoms with Gasteiger partial charge >= 0.3 is 5.97 Å². The van der Waals surface area contributed by atoms with Gasteiger partial charge in [-0.05, 0) is 57.1 Å². The van der Waals surface area contributed by atoms with Crippen molar-refractivity contribution in [3.63, 3.8) is 0 Å². The fourth-order valence-corrected chi connectivity index (χ4v) is 6.38. The summed E-state index contributed by atoms with van der Waals surface area (Å²) in [4.78, 5) is 30.6. The second-order valence-electron chi connectivity index (χ2n) is 12.1. The lowest BCUT2D eigenvalue weighted by atomic mass is 9.75. The molecule has 196 valence electrons. The molecule has 0 amide bonds. The summed E-state index contributed by atoms with van der Waals surface area (Å²) in [5.74, 6) is 0.0247. The maximum Gasteiger partial charge on any atom is 0.306 e. The first-order chi connectivity index (χ1) is 16.2. The summed E-state index contributed by atoms with van der Waals surface area (Å²) in [6, 6.07) is 0. The number of ketones is 1. The standard InChI is InChI=1S/C28H43NO5S/c1-17-9-8-11-27(7)16-28(27,33)25(32)23(18(2)14-21-15-35-20(4)29-21)34-22(30)10-12-26(5,6)24(31)19(3)13-17/h14-15,17,19,23,25,32-33H,8-13,16H2,1-7H3. The van der Waals surface area contributed by atoms with Crippen LogP contribution < -0.4 is 0 Å². The van der Waals surface area contributed by atoms with Gasteiger partial charge in [0, 0.05) is 28.5 Å². The van der Waals surface area contributed by atoms with Crippen LogP contribution in [0.3, 0.4) is 0 Å². The Morgan fingerprint density at radius 3 is 2.54 bits per heavy atom. The highest BCUT2D eigenvalue weighted by molar-refractivity contribution is 7.09. The van der Waals surface area contributed by atoms with E-state index >= 15 is 0 Å². The molecule has 1 aromatic rings. The molecular formula is C28H43NO5S. The van der Waals surface area contributed by atoms with Gasteiger partial charge in [-0.1, -0.05) is 47.5 Å². The molecule has 2 aliphatic rings. The van der Waals surface area contributed by atoms with Crippen molar-refractivity contribution in [2.24, 2.45) is 22.7 Å². The monoisotopic (exact) mass is 505 g/mol. The molecule has 2 N–H and O–H groups in total. The first kappa shape index (κ1) is 28.0. The molecule has 0 radical (unpaired) electrons. The van der Waals surface area contributed by atoms with Crippen molar-refractivity contribution in [1.29, 1.82) is 0 Å². The number of aryl methyl sites for hydroxylation is 1. The van der Waals surface area contributed by atoms with Crippen molar-refractivity contribution in [1.82, 2.24) is 4.98 Å². The summed E-state index contributed by atoms with van der Waals surface area (Å²) < 4.78 is 5.83. The van der Waals surface area contributed by atoms with Crippen LogP contribution in [0.25, 0.3) is 6.08 Å². The number of esters is 1. The number of aliphatic hydroxyl groups is 2. The lowest BCUT2D eigenvalue weighted by molar-refractivity contribution is -0.160. The molecule has 35 heavy (non-hydrogen) atoms. The van der Waals surface area contributed by atoms with Crippen LogP contribution in [0.1, 0.15) is 97.2 Å². The largest absolute Gasteiger partial charge is 0.455 e. The topological polar surface area (TPSA) is 96.7 Å². The Labute approximate surface area is 214 Å². The Morgan fingerprint density at radius 2 is 1.91 bits per heavy atom. The number of aromatic nitrogens is 1. The third-order valence-electron chi connectivity index (χ3n) is 8.33. The van der Waals surface area contributed by atoms with Crippen molar-refractivity contribution < 1.29 is 24.5 Å². The number of aliphatic hydroxyl groups excluding tert-OH is 1. The van der Waals surface area contributed by atoms with Gasteiger partial charge in [0.1, 0.15) is 17.5 Å². The van der Waals surface area contributed by atoms with Gasteiger partial charge in [0.2, 0.25) is 0 Å². The number of carbonyl (C=O) groups is 2. The summed E-state index contributed by atoms with van der Waals surface area (Å²) >= 11 is 1.52. The molecule has 2 fully saturated rings. The number of cyclic esters (lactones) is 1. The van der Waals surface area contributed by atoms with Crippen LogP contribution in [0.15, 0.2) is 11.0 Å². The van der Waals surface area contributed by atoms with Gasteiger partial charge in [-0.15, -0.1) is 11.3 Å². The van der Waals surface area contributed by atoms with Crippen LogP contribution in [0.5, 0.6) is 0 Å². The molecule has 7 heteroatoms. The van der Waals surface area contributed by atoms with Crippen LogP contribution in [-0.2, 0) is 14.3 Å². The average Bonchev–Trinajstić information content (AvgIpc) is 3.09. The maximum atomic E-state index is 13.2. The number of carbonyl (C=O) groups excluding carboxylic acids is 2. The van der Waals surface area contributed by atoms with Gasteiger partial charge in [0.05, 0.1) is 10.7 Å². The Bertz CT molecular complexity index is 968. The third kappa shape index (κ3) is 6.23. The van der Waals surface area contributed by atoms with Crippen molar-refractivity contribution in [2.45, 2.75) is 111 Å². The SMILES string of the molecule is CC(=Cc1csc(C)n1)C1OC(=O)CCC(C)(C)C(=O)C(C)CC(C)CCCC2(C)CC2(O)C1O. The van der Waals surface area contributed by atoms with Gasteiger partial charge < -0.3 is 14.9 Å². The Balaban J connectivity index is 1.90. The Morgan fingerprint density at radius 1 is 1.23 bits per heavy atom. The predicted octanol–water partition coefficient (Wildman–Crippen LogP) is 5.49. The van der Waals surface area contributed by atoms with E-state index in [1.54, 1.807) is 6.92 Å². The summed E-state index contributed by atoms with van der Waals surface area (Å²) in [5.41, 5.74) is -1.01. The molecule has 1 aliphatic carbocycles. The van der Waals surface area contributed by atoms with Crippen molar-refractivity contribution in [2.75, 3.05) is 0 Å². The Kier molecular flexibility index (Phi) is 8.34. The molecular weight excluding hydrogens is 462 g/mol. The number of nitrogens with zero attached hydrogens (tertiary/aromatic N) is 1. The highest BCUT2D eigenvalue weighted by Crippen LogP contribution is 2.62. The molecule has 6 atom stereocenters. The first-order valence-electron chi connectivity index (χ1n) is 12.9. The first-order valence-corrected chi connectivity index (χ1v) is 13.8. The molecule has 0 bridgehead atoms. The van der Waals surface area contributed by atoms with Crippen molar-refractivity contribution in [3.8, 4) is 0 Å². The van der Waals surface area contributed by atoms with Crippen molar-refractivity contribution in [3.05, 3.63) is 21.7 Å². The minimum atomic E-state index is -1.31. The summed E-state index contributed by atoms with van der Waals surface area (Å²) in [6.07, 6.45) is 3.97. The highest BCUT2D eigenvalue weighted by atomic mass is 32.1. The molecule has 2 heterocycles. The second kappa shape index (κ2) is 10.4. The van der Waals surface area contributed by atoms with E-state index in [1.165, 1.54) is 11.3 Å². The van der Waals surface area contributed by atoms with Crippen LogP contribution in [-0.4, -0.2) is 44.8 Å². The summed E-state index contributed by atoms with van der Waals surface area (Å²) in [6.45, 7) is 13.7. The molecule has 1 aromatic heterocycles. The quantitative estimate of drug-likeness (QED) is 0.516. The average molecular weight is 506 g/mol. The second-order valence-corrected chi connectivity index (χ2v) is 13.1. The van der Waals surface area contributed by atoms with Crippen LogP contribution >= 0.6 is 11.3 Å². The molecule has 6 nitrogen and oxygen atoms in total. The Hall–Kier alpha value is -1.57. The molecule has 0 aromatic carbocycles. The molecule has 1 aliphatic heterocycles. The van der Waals surface area contributed by atoms with E-state index in [4.69, 9.17) is 4.74 Å². The highest BCUT2D eigenvalue weighted by Gasteiger charge is 2.68. The minimum Gasteiger partial charge on any atom is -0.455 e. The molecule has 3 rings (SSSR count). The normalized spacial score (nSPS) is 37.5. The zero-order valence-corrected chi connectivity index (χ0v) is 23.2. The number of hydrogen-bond donors (Lipinski definition) is 2. The number of fused-ring (bicyclic) bond motifs is 1. The molecule has 1 saturated carbocycles.